The van der Waals surface area contributed by atoms with Gasteiger partial charge in [0.15, 0.2) is 0 Å². The molecular formula is C22H16BrN3O2S. The molecule has 0 atom stereocenters. The SMILES string of the molecule is O=C(CSc1nnc(-c2ccc(Br)cc2)o1)Nc1ccc(-c2ccccc2)cc1. The molecule has 0 saturated heterocycles. The minimum absolute atomic E-state index is 0.133. The lowest BCUT2D eigenvalue weighted by Crippen LogP contribution is -2.13. The van der Waals surface area contributed by atoms with Crippen LogP contribution < -0.4 is 5.32 Å². The molecule has 0 aliphatic rings. The summed E-state index contributed by atoms with van der Waals surface area (Å²) in [6.45, 7) is 0. The van der Waals surface area contributed by atoms with Crippen molar-refractivity contribution in [3.05, 3.63) is 83.3 Å². The van der Waals surface area contributed by atoms with Crippen molar-refractivity contribution < 1.29 is 9.21 Å². The van der Waals surface area contributed by atoms with Crippen LogP contribution >= 0.6 is 27.7 Å². The number of halogens is 1. The summed E-state index contributed by atoms with van der Waals surface area (Å²) in [7, 11) is 0. The average Bonchev–Trinajstić information content (AvgIpc) is 3.23. The standard InChI is InChI=1S/C22H16BrN3O2S/c23-18-10-6-17(7-11-18)21-25-26-22(28-21)29-14-20(27)24-19-12-8-16(9-13-19)15-4-2-1-3-5-15/h1-13H,14H2,(H,24,27). The first-order valence-electron chi connectivity index (χ1n) is 8.85. The van der Waals surface area contributed by atoms with Gasteiger partial charge in [0.25, 0.3) is 5.22 Å². The molecule has 0 saturated carbocycles. The van der Waals surface area contributed by atoms with Crippen LogP contribution in [0.3, 0.4) is 0 Å². The van der Waals surface area contributed by atoms with Gasteiger partial charge in [0, 0.05) is 15.7 Å². The van der Waals surface area contributed by atoms with Gasteiger partial charge in [-0.05, 0) is 47.5 Å². The van der Waals surface area contributed by atoms with Crippen molar-refractivity contribution >= 4 is 39.3 Å². The Hall–Kier alpha value is -2.90. The van der Waals surface area contributed by atoms with E-state index in [2.05, 4.69) is 43.6 Å². The third-order valence-corrected chi connectivity index (χ3v) is 5.45. The van der Waals surface area contributed by atoms with E-state index >= 15 is 0 Å². The molecule has 5 nitrogen and oxygen atoms in total. The van der Waals surface area contributed by atoms with Crippen LogP contribution in [0.2, 0.25) is 0 Å². The minimum Gasteiger partial charge on any atom is -0.411 e. The summed E-state index contributed by atoms with van der Waals surface area (Å²) in [6.07, 6.45) is 0. The minimum atomic E-state index is -0.133. The van der Waals surface area contributed by atoms with E-state index < -0.39 is 0 Å². The Bertz CT molecular complexity index is 1100. The molecule has 3 aromatic carbocycles. The lowest BCUT2D eigenvalue weighted by atomic mass is 10.1. The van der Waals surface area contributed by atoms with Crippen LogP contribution in [-0.4, -0.2) is 21.9 Å². The Balaban J connectivity index is 1.32. The third kappa shape index (κ3) is 5.13. The first kappa shape index (κ1) is 19.4. The van der Waals surface area contributed by atoms with E-state index in [9.17, 15) is 4.79 Å². The van der Waals surface area contributed by atoms with Gasteiger partial charge in [-0.1, -0.05) is 70.2 Å². The van der Waals surface area contributed by atoms with E-state index in [1.807, 2.05) is 66.7 Å². The molecule has 1 heterocycles. The summed E-state index contributed by atoms with van der Waals surface area (Å²) < 4.78 is 6.60. The zero-order valence-electron chi connectivity index (χ0n) is 15.2. The zero-order chi connectivity index (χ0) is 20.1. The van der Waals surface area contributed by atoms with Gasteiger partial charge in [-0.3, -0.25) is 4.79 Å². The van der Waals surface area contributed by atoms with Crippen LogP contribution in [0, 0.1) is 0 Å². The van der Waals surface area contributed by atoms with Crippen molar-refractivity contribution in [3.63, 3.8) is 0 Å². The lowest BCUT2D eigenvalue weighted by Gasteiger charge is -2.06. The monoisotopic (exact) mass is 465 g/mol. The maximum atomic E-state index is 12.2. The smallest absolute Gasteiger partial charge is 0.277 e. The number of amides is 1. The summed E-state index contributed by atoms with van der Waals surface area (Å²) >= 11 is 4.60. The number of thioether (sulfide) groups is 1. The molecule has 0 radical (unpaired) electrons. The fraction of sp³-hybridized carbons (Fsp3) is 0.0455. The predicted octanol–water partition coefficient (Wildman–Crippen LogP) is 5.90. The molecule has 7 heteroatoms. The van der Waals surface area contributed by atoms with E-state index in [0.29, 0.717) is 11.1 Å². The topological polar surface area (TPSA) is 68.0 Å². The maximum absolute atomic E-state index is 12.2. The number of rotatable bonds is 6. The molecule has 0 bridgehead atoms. The molecule has 0 unspecified atom stereocenters. The van der Waals surface area contributed by atoms with Gasteiger partial charge in [-0.2, -0.15) is 0 Å². The van der Waals surface area contributed by atoms with E-state index in [1.165, 1.54) is 11.8 Å². The quantitative estimate of drug-likeness (QED) is 0.359. The first-order chi connectivity index (χ1) is 14.2. The molecule has 0 spiro atoms. The molecule has 0 aliphatic carbocycles. The van der Waals surface area contributed by atoms with Crippen molar-refractivity contribution in [3.8, 4) is 22.6 Å². The van der Waals surface area contributed by atoms with Crippen molar-refractivity contribution in [2.45, 2.75) is 5.22 Å². The van der Waals surface area contributed by atoms with E-state index in [-0.39, 0.29) is 11.7 Å². The Labute approximate surface area is 180 Å². The second-order valence-electron chi connectivity index (χ2n) is 6.16. The highest BCUT2D eigenvalue weighted by atomic mass is 79.9. The second-order valence-corrected chi connectivity index (χ2v) is 8.00. The van der Waals surface area contributed by atoms with Gasteiger partial charge in [-0.25, -0.2) is 0 Å². The summed E-state index contributed by atoms with van der Waals surface area (Å²) in [6, 6.07) is 25.4. The van der Waals surface area contributed by atoms with Crippen LogP contribution in [0.5, 0.6) is 0 Å². The Morgan fingerprint density at radius 2 is 1.52 bits per heavy atom. The third-order valence-electron chi connectivity index (χ3n) is 4.10. The summed E-state index contributed by atoms with van der Waals surface area (Å²) in [5, 5.41) is 11.3. The highest BCUT2D eigenvalue weighted by molar-refractivity contribution is 9.10. The summed E-state index contributed by atoms with van der Waals surface area (Å²) in [5.41, 5.74) is 3.81. The van der Waals surface area contributed by atoms with Crippen LogP contribution in [-0.2, 0) is 4.79 Å². The summed E-state index contributed by atoms with van der Waals surface area (Å²) in [4.78, 5) is 12.2. The molecule has 1 aromatic heterocycles. The first-order valence-corrected chi connectivity index (χ1v) is 10.6. The highest BCUT2D eigenvalue weighted by Crippen LogP contribution is 2.25. The van der Waals surface area contributed by atoms with Gasteiger partial charge >= 0.3 is 0 Å². The molecule has 144 valence electrons. The number of carbonyl (C=O) groups is 1. The molecular weight excluding hydrogens is 450 g/mol. The molecule has 4 rings (SSSR count). The van der Waals surface area contributed by atoms with Gasteiger partial charge in [-0.15, -0.1) is 10.2 Å². The number of hydrogen-bond donors (Lipinski definition) is 1. The number of anilines is 1. The van der Waals surface area contributed by atoms with Crippen LogP contribution in [0.4, 0.5) is 5.69 Å². The van der Waals surface area contributed by atoms with Gasteiger partial charge in [0.05, 0.1) is 5.75 Å². The molecule has 29 heavy (non-hydrogen) atoms. The van der Waals surface area contributed by atoms with Gasteiger partial charge in [0.2, 0.25) is 11.8 Å². The predicted molar refractivity (Wildman–Crippen MR) is 119 cm³/mol. The number of carbonyl (C=O) groups excluding carboxylic acids is 1. The van der Waals surface area contributed by atoms with Crippen LogP contribution in [0.1, 0.15) is 0 Å². The Morgan fingerprint density at radius 3 is 2.24 bits per heavy atom. The van der Waals surface area contributed by atoms with Crippen molar-refractivity contribution in [2.75, 3.05) is 11.1 Å². The zero-order valence-corrected chi connectivity index (χ0v) is 17.6. The lowest BCUT2D eigenvalue weighted by molar-refractivity contribution is -0.113. The van der Waals surface area contributed by atoms with E-state index in [0.717, 1.165) is 26.9 Å². The molecule has 4 aromatic rings. The normalized spacial score (nSPS) is 10.7. The van der Waals surface area contributed by atoms with Crippen molar-refractivity contribution in [2.24, 2.45) is 0 Å². The number of nitrogens with zero attached hydrogens (tertiary/aromatic N) is 2. The van der Waals surface area contributed by atoms with Crippen LogP contribution in [0.25, 0.3) is 22.6 Å². The highest BCUT2D eigenvalue weighted by Gasteiger charge is 2.11. The number of aromatic nitrogens is 2. The van der Waals surface area contributed by atoms with E-state index in [1.54, 1.807) is 0 Å². The molecule has 0 aliphatic heterocycles. The van der Waals surface area contributed by atoms with E-state index in [4.69, 9.17) is 4.42 Å². The fourth-order valence-electron chi connectivity index (χ4n) is 2.68. The number of hydrogen-bond acceptors (Lipinski definition) is 5. The van der Waals surface area contributed by atoms with Crippen molar-refractivity contribution in [1.29, 1.82) is 0 Å². The summed E-state index contributed by atoms with van der Waals surface area (Å²) in [5.74, 6) is 0.477. The second kappa shape index (κ2) is 9.07. The fourth-order valence-corrected chi connectivity index (χ4v) is 3.51. The number of benzene rings is 3. The average molecular weight is 466 g/mol. The maximum Gasteiger partial charge on any atom is 0.277 e. The largest absolute Gasteiger partial charge is 0.411 e. The number of nitrogens with one attached hydrogen (secondary N) is 1. The molecule has 1 N–H and O–H groups in total. The Morgan fingerprint density at radius 1 is 0.862 bits per heavy atom. The Kier molecular flexibility index (Phi) is 6.07. The molecule has 0 fully saturated rings. The van der Waals surface area contributed by atoms with Gasteiger partial charge in [0.1, 0.15) is 0 Å². The van der Waals surface area contributed by atoms with Crippen molar-refractivity contribution in [1.82, 2.24) is 10.2 Å². The van der Waals surface area contributed by atoms with Crippen LogP contribution in [0.15, 0.2) is 93.0 Å². The molecule has 1 amide bonds. The van der Waals surface area contributed by atoms with Gasteiger partial charge < -0.3 is 9.73 Å².